The standard InChI is InChI=1S/C18H22N2O2S/c1-12-6-8-13(9-7-12)18-19-14(11-23-18)10-17(22)20-15-4-2-3-5-16(15)21/h6-9,11,15-16,21H,2-5,10H2,1H3,(H,20,22). The molecule has 1 heterocycles. The number of benzene rings is 1. The number of hydrogen-bond acceptors (Lipinski definition) is 4. The van der Waals surface area contributed by atoms with Gasteiger partial charge in [-0.1, -0.05) is 42.7 Å². The molecule has 1 aromatic carbocycles. The first-order valence-corrected chi connectivity index (χ1v) is 8.98. The Kier molecular flexibility index (Phi) is 5.08. The van der Waals surface area contributed by atoms with Crippen LogP contribution in [0.15, 0.2) is 29.6 Å². The Hall–Kier alpha value is -1.72. The Balaban J connectivity index is 1.60. The van der Waals surface area contributed by atoms with Gasteiger partial charge in [-0.2, -0.15) is 0 Å². The summed E-state index contributed by atoms with van der Waals surface area (Å²) in [6.45, 7) is 2.06. The molecule has 2 N–H and O–H groups in total. The van der Waals surface area contributed by atoms with Crippen LogP contribution in [0.4, 0.5) is 0 Å². The summed E-state index contributed by atoms with van der Waals surface area (Å²) in [5.74, 6) is -0.0586. The highest BCUT2D eigenvalue weighted by Crippen LogP contribution is 2.24. The van der Waals surface area contributed by atoms with Crippen molar-refractivity contribution in [3.05, 3.63) is 40.9 Å². The third-order valence-electron chi connectivity index (χ3n) is 4.27. The van der Waals surface area contributed by atoms with Crippen LogP contribution in [-0.4, -0.2) is 28.1 Å². The molecular weight excluding hydrogens is 308 g/mol. The predicted molar refractivity (Wildman–Crippen MR) is 92.4 cm³/mol. The number of aliphatic hydroxyl groups is 1. The van der Waals surface area contributed by atoms with E-state index >= 15 is 0 Å². The highest BCUT2D eigenvalue weighted by Gasteiger charge is 2.24. The molecule has 1 aromatic heterocycles. The summed E-state index contributed by atoms with van der Waals surface area (Å²) in [6, 6.07) is 8.12. The monoisotopic (exact) mass is 330 g/mol. The van der Waals surface area contributed by atoms with Crippen molar-refractivity contribution in [3.8, 4) is 10.6 Å². The van der Waals surface area contributed by atoms with Gasteiger partial charge in [0.05, 0.1) is 24.3 Å². The van der Waals surface area contributed by atoms with Gasteiger partial charge in [0, 0.05) is 10.9 Å². The SMILES string of the molecule is Cc1ccc(-c2nc(CC(=O)NC3CCCCC3O)cs2)cc1. The van der Waals surface area contributed by atoms with Crippen molar-refractivity contribution in [2.45, 2.75) is 51.2 Å². The number of amides is 1. The topological polar surface area (TPSA) is 62.2 Å². The molecule has 0 spiro atoms. The molecule has 2 aromatic rings. The largest absolute Gasteiger partial charge is 0.391 e. The molecule has 0 bridgehead atoms. The number of aryl methyl sites for hydroxylation is 1. The van der Waals surface area contributed by atoms with Crippen molar-refractivity contribution in [2.75, 3.05) is 0 Å². The molecule has 3 rings (SSSR count). The maximum absolute atomic E-state index is 12.2. The van der Waals surface area contributed by atoms with E-state index in [4.69, 9.17) is 0 Å². The van der Waals surface area contributed by atoms with Gasteiger partial charge in [0.25, 0.3) is 0 Å². The molecule has 1 fully saturated rings. The summed E-state index contributed by atoms with van der Waals surface area (Å²) in [7, 11) is 0. The van der Waals surface area contributed by atoms with E-state index in [9.17, 15) is 9.90 Å². The average molecular weight is 330 g/mol. The molecule has 0 saturated heterocycles. The van der Waals surface area contributed by atoms with Crippen molar-refractivity contribution in [1.29, 1.82) is 0 Å². The Morgan fingerprint density at radius 2 is 2.04 bits per heavy atom. The number of hydrogen-bond donors (Lipinski definition) is 2. The van der Waals surface area contributed by atoms with Crippen molar-refractivity contribution in [3.63, 3.8) is 0 Å². The van der Waals surface area contributed by atoms with Gasteiger partial charge in [0.15, 0.2) is 0 Å². The molecule has 2 atom stereocenters. The zero-order chi connectivity index (χ0) is 16.2. The molecule has 0 aliphatic heterocycles. The lowest BCUT2D eigenvalue weighted by atomic mass is 9.92. The maximum Gasteiger partial charge on any atom is 0.226 e. The fraction of sp³-hybridized carbons (Fsp3) is 0.444. The molecule has 0 radical (unpaired) electrons. The van der Waals surface area contributed by atoms with Crippen LogP contribution in [0.5, 0.6) is 0 Å². The van der Waals surface area contributed by atoms with E-state index in [-0.39, 0.29) is 18.4 Å². The molecule has 1 amide bonds. The molecule has 4 nitrogen and oxygen atoms in total. The fourth-order valence-electron chi connectivity index (χ4n) is 2.92. The van der Waals surface area contributed by atoms with Crippen LogP contribution in [0.25, 0.3) is 10.6 Å². The summed E-state index contributed by atoms with van der Waals surface area (Å²) in [5.41, 5.74) is 3.08. The van der Waals surface area contributed by atoms with Gasteiger partial charge in [0.1, 0.15) is 5.01 Å². The number of rotatable bonds is 4. The second kappa shape index (κ2) is 7.23. The average Bonchev–Trinajstić information content (AvgIpc) is 2.98. The normalized spacial score (nSPS) is 21.1. The summed E-state index contributed by atoms with van der Waals surface area (Å²) in [6.07, 6.45) is 3.60. The van der Waals surface area contributed by atoms with Gasteiger partial charge in [0.2, 0.25) is 5.91 Å². The van der Waals surface area contributed by atoms with Crippen LogP contribution >= 0.6 is 11.3 Å². The molecule has 1 aliphatic carbocycles. The number of nitrogens with zero attached hydrogens (tertiary/aromatic N) is 1. The first-order valence-electron chi connectivity index (χ1n) is 8.11. The van der Waals surface area contributed by atoms with Crippen molar-refractivity contribution in [2.24, 2.45) is 0 Å². The molecular formula is C18H22N2O2S. The second-order valence-corrected chi connectivity index (χ2v) is 7.07. The predicted octanol–water partition coefficient (Wildman–Crippen LogP) is 3.08. The van der Waals surface area contributed by atoms with E-state index in [1.54, 1.807) is 11.3 Å². The molecule has 2 unspecified atom stereocenters. The number of aliphatic hydroxyl groups excluding tert-OH is 1. The minimum Gasteiger partial charge on any atom is -0.391 e. The maximum atomic E-state index is 12.2. The van der Waals surface area contributed by atoms with Gasteiger partial charge in [-0.15, -0.1) is 11.3 Å². The van der Waals surface area contributed by atoms with Gasteiger partial charge in [-0.25, -0.2) is 4.98 Å². The van der Waals surface area contributed by atoms with Gasteiger partial charge < -0.3 is 10.4 Å². The third kappa shape index (κ3) is 4.18. The number of aromatic nitrogens is 1. The summed E-state index contributed by atoms with van der Waals surface area (Å²) >= 11 is 1.56. The first kappa shape index (κ1) is 16.1. The Morgan fingerprint density at radius 1 is 1.30 bits per heavy atom. The molecule has 23 heavy (non-hydrogen) atoms. The van der Waals surface area contributed by atoms with Crippen molar-refractivity contribution >= 4 is 17.2 Å². The lowest BCUT2D eigenvalue weighted by Gasteiger charge is -2.28. The Labute approximate surface area is 140 Å². The van der Waals surface area contributed by atoms with E-state index < -0.39 is 6.10 Å². The van der Waals surface area contributed by atoms with Crippen molar-refractivity contribution < 1.29 is 9.90 Å². The van der Waals surface area contributed by atoms with Crippen LogP contribution in [-0.2, 0) is 11.2 Å². The van der Waals surface area contributed by atoms with E-state index in [1.165, 1.54) is 5.56 Å². The molecule has 1 saturated carbocycles. The number of carbonyl (C=O) groups excluding carboxylic acids is 1. The zero-order valence-electron chi connectivity index (χ0n) is 13.3. The Morgan fingerprint density at radius 3 is 2.78 bits per heavy atom. The summed E-state index contributed by atoms with van der Waals surface area (Å²) in [4.78, 5) is 16.7. The van der Waals surface area contributed by atoms with Gasteiger partial charge >= 0.3 is 0 Å². The minimum absolute atomic E-state index is 0.0586. The smallest absolute Gasteiger partial charge is 0.226 e. The van der Waals surface area contributed by atoms with E-state index in [2.05, 4.69) is 41.5 Å². The van der Waals surface area contributed by atoms with Crippen LogP contribution in [0.1, 0.15) is 36.9 Å². The second-order valence-electron chi connectivity index (χ2n) is 6.21. The van der Waals surface area contributed by atoms with E-state index in [0.29, 0.717) is 0 Å². The Bertz CT molecular complexity index is 666. The number of nitrogens with one attached hydrogen (secondary N) is 1. The van der Waals surface area contributed by atoms with Crippen LogP contribution in [0, 0.1) is 6.92 Å². The van der Waals surface area contributed by atoms with E-state index in [0.717, 1.165) is 41.9 Å². The summed E-state index contributed by atoms with van der Waals surface area (Å²) in [5, 5.41) is 15.8. The number of thiazole rings is 1. The molecule has 5 heteroatoms. The third-order valence-corrected chi connectivity index (χ3v) is 5.21. The highest BCUT2D eigenvalue weighted by atomic mass is 32.1. The van der Waals surface area contributed by atoms with Gasteiger partial charge in [-0.05, 0) is 19.8 Å². The van der Waals surface area contributed by atoms with Crippen LogP contribution in [0.3, 0.4) is 0 Å². The van der Waals surface area contributed by atoms with Crippen LogP contribution in [0.2, 0.25) is 0 Å². The first-order chi connectivity index (χ1) is 11.1. The quantitative estimate of drug-likeness (QED) is 0.905. The highest BCUT2D eigenvalue weighted by molar-refractivity contribution is 7.13. The minimum atomic E-state index is -0.411. The summed E-state index contributed by atoms with van der Waals surface area (Å²) < 4.78 is 0. The number of carbonyl (C=O) groups is 1. The van der Waals surface area contributed by atoms with E-state index in [1.807, 2.05) is 5.38 Å². The molecule has 1 aliphatic rings. The lowest BCUT2D eigenvalue weighted by Crippen LogP contribution is -2.45. The van der Waals surface area contributed by atoms with Crippen molar-refractivity contribution in [1.82, 2.24) is 10.3 Å². The lowest BCUT2D eigenvalue weighted by molar-refractivity contribution is -0.122. The molecule has 122 valence electrons. The zero-order valence-corrected chi connectivity index (χ0v) is 14.1. The fourth-order valence-corrected chi connectivity index (χ4v) is 3.74. The van der Waals surface area contributed by atoms with Crippen LogP contribution < -0.4 is 5.32 Å². The van der Waals surface area contributed by atoms with Gasteiger partial charge in [-0.3, -0.25) is 4.79 Å².